The first kappa shape index (κ1) is 23.7. The molecule has 30 heavy (non-hydrogen) atoms. The van der Waals surface area contributed by atoms with Crippen LogP contribution in [0.1, 0.15) is 15.9 Å². The Hall–Kier alpha value is -2.62. The summed E-state index contributed by atoms with van der Waals surface area (Å²) >= 11 is 5.90. The Morgan fingerprint density at radius 1 is 1.03 bits per heavy atom. The number of carbonyl (C=O) groups is 2. The summed E-state index contributed by atoms with van der Waals surface area (Å²) in [6, 6.07) is 10.9. The maximum absolute atomic E-state index is 13.2. The third-order valence-corrected chi connectivity index (χ3v) is 6.38. The molecule has 0 radical (unpaired) electrons. The van der Waals surface area contributed by atoms with Gasteiger partial charge < -0.3 is 14.4 Å². The number of sulfonamides is 1. The second-order valence-corrected chi connectivity index (χ2v) is 9.07. The van der Waals surface area contributed by atoms with Gasteiger partial charge in [-0.1, -0.05) is 23.7 Å². The normalized spacial score (nSPS) is 11.3. The third kappa shape index (κ3) is 5.50. The van der Waals surface area contributed by atoms with Gasteiger partial charge in [0, 0.05) is 31.2 Å². The summed E-state index contributed by atoms with van der Waals surface area (Å²) in [5, 5.41) is 0.540. The topological polar surface area (TPSA) is 93.2 Å². The number of amides is 1. The molecule has 0 fully saturated rings. The molecule has 0 aliphatic heterocycles. The van der Waals surface area contributed by atoms with Crippen molar-refractivity contribution < 1.29 is 27.5 Å². The molecule has 0 aliphatic rings. The zero-order valence-corrected chi connectivity index (χ0v) is 18.7. The highest BCUT2D eigenvalue weighted by molar-refractivity contribution is 7.89. The van der Waals surface area contributed by atoms with Crippen molar-refractivity contribution in [1.82, 2.24) is 9.21 Å². The third-order valence-electron chi connectivity index (χ3n) is 4.29. The number of carbonyl (C=O) groups excluding carboxylic acids is 2. The number of ether oxygens (including phenoxy) is 2. The molecule has 0 aliphatic carbocycles. The number of benzene rings is 2. The number of hydrogen-bond acceptors (Lipinski definition) is 6. The zero-order chi connectivity index (χ0) is 22.5. The standard InChI is InChI=1S/C20H23ClN2O6S/c1-22(2)30(26,27)18-11-15(7-10-17(18)28-3)20(25)23(13-19(24)29-4)12-14-5-8-16(21)9-6-14/h5-11H,12-13H2,1-4H3. The molecule has 1 amide bonds. The van der Waals surface area contributed by atoms with Gasteiger partial charge in [-0.25, -0.2) is 12.7 Å². The summed E-state index contributed by atoms with van der Waals surface area (Å²) in [7, 11) is 1.47. The Morgan fingerprint density at radius 2 is 1.67 bits per heavy atom. The van der Waals surface area contributed by atoms with E-state index >= 15 is 0 Å². The van der Waals surface area contributed by atoms with Gasteiger partial charge >= 0.3 is 5.97 Å². The molecule has 2 aromatic carbocycles. The van der Waals surface area contributed by atoms with E-state index in [0.717, 1.165) is 9.87 Å². The fraction of sp³-hybridized carbons (Fsp3) is 0.300. The van der Waals surface area contributed by atoms with Crippen molar-refractivity contribution in [3.05, 3.63) is 58.6 Å². The second-order valence-electron chi connectivity index (χ2n) is 6.52. The molecule has 0 bridgehead atoms. The lowest BCUT2D eigenvalue weighted by Gasteiger charge is -2.23. The van der Waals surface area contributed by atoms with Gasteiger partial charge in [-0.05, 0) is 35.9 Å². The fourth-order valence-corrected chi connectivity index (χ4v) is 3.82. The van der Waals surface area contributed by atoms with Crippen LogP contribution in [0.3, 0.4) is 0 Å². The largest absolute Gasteiger partial charge is 0.495 e. The molecule has 0 atom stereocenters. The predicted molar refractivity (Wildman–Crippen MR) is 112 cm³/mol. The van der Waals surface area contributed by atoms with Crippen LogP contribution in [0.2, 0.25) is 5.02 Å². The molecule has 0 unspecified atom stereocenters. The highest BCUT2D eigenvalue weighted by Gasteiger charge is 2.26. The smallest absolute Gasteiger partial charge is 0.325 e. The number of hydrogen-bond donors (Lipinski definition) is 0. The lowest BCUT2D eigenvalue weighted by Crippen LogP contribution is -2.36. The van der Waals surface area contributed by atoms with Crippen LogP contribution in [0, 0.1) is 0 Å². The van der Waals surface area contributed by atoms with Crippen LogP contribution in [0.4, 0.5) is 0 Å². The van der Waals surface area contributed by atoms with Gasteiger partial charge in [0.1, 0.15) is 17.2 Å². The van der Waals surface area contributed by atoms with Crippen LogP contribution in [0.25, 0.3) is 0 Å². The molecule has 2 aromatic rings. The van der Waals surface area contributed by atoms with Gasteiger partial charge in [-0.3, -0.25) is 9.59 Å². The van der Waals surface area contributed by atoms with E-state index in [1.54, 1.807) is 24.3 Å². The van der Waals surface area contributed by atoms with Crippen LogP contribution in [0.5, 0.6) is 5.75 Å². The zero-order valence-electron chi connectivity index (χ0n) is 17.1. The fourth-order valence-electron chi connectivity index (χ4n) is 2.62. The van der Waals surface area contributed by atoms with Crippen LogP contribution in [-0.4, -0.2) is 64.4 Å². The van der Waals surface area contributed by atoms with E-state index in [-0.39, 0.29) is 29.3 Å². The van der Waals surface area contributed by atoms with E-state index < -0.39 is 21.9 Å². The molecule has 0 N–H and O–H groups in total. The molecular weight excluding hydrogens is 432 g/mol. The Bertz CT molecular complexity index is 1020. The monoisotopic (exact) mass is 454 g/mol. The van der Waals surface area contributed by atoms with E-state index in [1.165, 1.54) is 51.4 Å². The quantitative estimate of drug-likeness (QED) is 0.569. The number of rotatable bonds is 8. The van der Waals surface area contributed by atoms with E-state index in [9.17, 15) is 18.0 Å². The Balaban J connectivity index is 2.45. The summed E-state index contributed by atoms with van der Waals surface area (Å²) in [6.07, 6.45) is 0. The van der Waals surface area contributed by atoms with Crippen molar-refractivity contribution in [2.24, 2.45) is 0 Å². The summed E-state index contributed by atoms with van der Waals surface area (Å²) in [6.45, 7) is -0.202. The van der Waals surface area contributed by atoms with Gasteiger partial charge in [0.25, 0.3) is 5.91 Å². The van der Waals surface area contributed by atoms with Gasteiger partial charge in [0.05, 0.1) is 14.2 Å². The summed E-state index contributed by atoms with van der Waals surface area (Å²) < 4.78 is 36.1. The molecule has 0 aromatic heterocycles. The maximum Gasteiger partial charge on any atom is 0.325 e. The molecule has 0 heterocycles. The van der Waals surface area contributed by atoms with Crippen LogP contribution in [0.15, 0.2) is 47.4 Å². The first-order valence-electron chi connectivity index (χ1n) is 8.81. The number of nitrogens with zero attached hydrogens (tertiary/aromatic N) is 2. The summed E-state index contributed by atoms with van der Waals surface area (Å²) in [5.74, 6) is -1.03. The second kappa shape index (κ2) is 9.92. The molecule has 10 heteroatoms. The highest BCUT2D eigenvalue weighted by atomic mass is 35.5. The van der Waals surface area contributed by atoms with Crippen LogP contribution < -0.4 is 4.74 Å². The molecule has 162 valence electrons. The number of halogens is 1. The molecule has 0 saturated carbocycles. The van der Waals surface area contributed by atoms with Gasteiger partial charge in [-0.15, -0.1) is 0 Å². The lowest BCUT2D eigenvalue weighted by molar-refractivity contribution is -0.141. The number of methoxy groups -OCH3 is 2. The van der Waals surface area contributed by atoms with Gasteiger partial charge in [0.15, 0.2) is 0 Å². The molecular formula is C20H23ClN2O6S. The molecule has 0 spiro atoms. The average molecular weight is 455 g/mol. The van der Waals surface area contributed by atoms with Crippen molar-refractivity contribution in [2.45, 2.75) is 11.4 Å². The minimum atomic E-state index is -3.86. The summed E-state index contributed by atoms with van der Waals surface area (Å²) in [5.41, 5.74) is 0.834. The van der Waals surface area contributed by atoms with Gasteiger partial charge in [0.2, 0.25) is 10.0 Å². The van der Waals surface area contributed by atoms with E-state index in [4.69, 9.17) is 21.1 Å². The van der Waals surface area contributed by atoms with Gasteiger partial charge in [-0.2, -0.15) is 0 Å². The highest BCUT2D eigenvalue weighted by Crippen LogP contribution is 2.27. The van der Waals surface area contributed by atoms with Crippen molar-refractivity contribution in [3.8, 4) is 5.75 Å². The van der Waals surface area contributed by atoms with E-state index in [2.05, 4.69) is 0 Å². The number of esters is 1. The molecule has 8 nitrogen and oxygen atoms in total. The maximum atomic E-state index is 13.2. The predicted octanol–water partition coefficient (Wildman–Crippen LogP) is 2.41. The van der Waals surface area contributed by atoms with Crippen molar-refractivity contribution in [3.63, 3.8) is 0 Å². The lowest BCUT2D eigenvalue weighted by atomic mass is 10.1. The van der Waals surface area contributed by atoms with Crippen LogP contribution in [-0.2, 0) is 26.1 Å². The van der Waals surface area contributed by atoms with Crippen LogP contribution >= 0.6 is 11.6 Å². The first-order chi connectivity index (χ1) is 14.1. The van der Waals surface area contributed by atoms with E-state index in [0.29, 0.717) is 5.02 Å². The molecule has 0 saturated heterocycles. The first-order valence-corrected chi connectivity index (χ1v) is 10.6. The Morgan fingerprint density at radius 3 is 2.20 bits per heavy atom. The van der Waals surface area contributed by atoms with Crippen molar-refractivity contribution >= 4 is 33.5 Å². The average Bonchev–Trinajstić information content (AvgIpc) is 2.73. The van der Waals surface area contributed by atoms with Crippen molar-refractivity contribution in [1.29, 1.82) is 0 Å². The minimum absolute atomic E-state index is 0.0918. The minimum Gasteiger partial charge on any atom is -0.495 e. The Labute approximate surface area is 181 Å². The SMILES string of the molecule is COC(=O)CN(Cc1ccc(Cl)cc1)C(=O)c1ccc(OC)c(S(=O)(=O)N(C)C)c1. The van der Waals surface area contributed by atoms with Crippen molar-refractivity contribution in [2.75, 3.05) is 34.9 Å². The van der Waals surface area contributed by atoms with E-state index in [1.807, 2.05) is 0 Å². The summed E-state index contributed by atoms with van der Waals surface area (Å²) in [4.78, 5) is 26.1. The molecule has 2 rings (SSSR count). The Kier molecular flexibility index (Phi) is 7.83.